The topological polar surface area (TPSA) is 55.1 Å². The van der Waals surface area contributed by atoms with Gasteiger partial charge in [-0.1, -0.05) is 17.7 Å². The third-order valence-electron chi connectivity index (χ3n) is 2.52. The van der Waals surface area contributed by atoms with Crippen molar-refractivity contribution >= 4 is 28.9 Å². The molecule has 0 saturated heterocycles. The van der Waals surface area contributed by atoms with Crippen molar-refractivity contribution in [2.45, 2.75) is 0 Å². The molecule has 0 spiro atoms. The Bertz CT molecular complexity index is 671. The van der Waals surface area contributed by atoms with E-state index < -0.39 is 28.9 Å². The molecule has 0 heterocycles. The van der Waals surface area contributed by atoms with E-state index in [-0.39, 0.29) is 16.4 Å². The van der Waals surface area contributed by atoms with Crippen LogP contribution in [0.4, 0.5) is 24.5 Å². The number of halogens is 4. The van der Waals surface area contributed by atoms with Gasteiger partial charge in [-0.2, -0.15) is 0 Å². The highest BCUT2D eigenvalue weighted by atomic mass is 35.5. The smallest absolute Gasteiger partial charge is 0.260 e. The van der Waals surface area contributed by atoms with Crippen LogP contribution in [0.3, 0.4) is 0 Å². The number of hydrogen-bond acceptors (Lipinski definition) is 2. The Kier molecular flexibility index (Phi) is 3.85. The highest BCUT2D eigenvalue weighted by molar-refractivity contribution is 6.34. The van der Waals surface area contributed by atoms with Gasteiger partial charge in [0.2, 0.25) is 0 Å². The predicted molar refractivity (Wildman–Crippen MR) is 70.1 cm³/mol. The second-order valence-electron chi connectivity index (χ2n) is 3.90. The van der Waals surface area contributed by atoms with Gasteiger partial charge in [0.1, 0.15) is 17.5 Å². The van der Waals surface area contributed by atoms with E-state index in [1.807, 2.05) is 0 Å². The van der Waals surface area contributed by atoms with Gasteiger partial charge in [0.25, 0.3) is 5.91 Å². The minimum atomic E-state index is -1.03. The summed E-state index contributed by atoms with van der Waals surface area (Å²) < 4.78 is 40.0. The first kappa shape index (κ1) is 14.2. The maximum absolute atomic E-state index is 13.5. The van der Waals surface area contributed by atoms with Gasteiger partial charge < -0.3 is 11.1 Å². The SMILES string of the molecule is Nc1cc(NC(=O)c2c(F)cccc2Cl)c(F)cc1F. The van der Waals surface area contributed by atoms with Crippen LogP contribution in [0.5, 0.6) is 0 Å². The number of carbonyl (C=O) groups excluding carboxylic acids is 1. The number of benzene rings is 2. The minimum Gasteiger partial charge on any atom is -0.396 e. The quantitative estimate of drug-likeness (QED) is 0.833. The van der Waals surface area contributed by atoms with Gasteiger partial charge in [0.05, 0.1) is 22.0 Å². The fourth-order valence-electron chi connectivity index (χ4n) is 1.56. The molecule has 0 unspecified atom stereocenters. The summed E-state index contributed by atoms with van der Waals surface area (Å²) in [7, 11) is 0. The van der Waals surface area contributed by atoms with Crippen LogP contribution in [-0.2, 0) is 0 Å². The van der Waals surface area contributed by atoms with Crippen molar-refractivity contribution < 1.29 is 18.0 Å². The molecule has 0 fully saturated rings. The molecule has 2 aromatic rings. The van der Waals surface area contributed by atoms with E-state index in [9.17, 15) is 18.0 Å². The number of hydrogen-bond donors (Lipinski definition) is 2. The number of nitrogen functional groups attached to an aromatic ring is 1. The number of amides is 1. The van der Waals surface area contributed by atoms with E-state index in [0.717, 1.165) is 12.1 Å². The van der Waals surface area contributed by atoms with Gasteiger partial charge >= 0.3 is 0 Å². The summed E-state index contributed by atoms with van der Waals surface area (Å²) in [5.41, 5.74) is 4.12. The third-order valence-corrected chi connectivity index (χ3v) is 2.84. The number of rotatable bonds is 2. The Labute approximate surface area is 117 Å². The highest BCUT2D eigenvalue weighted by Gasteiger charge is 2.18. The van der Waals surface area contributed by atoms with Gasteiger partial charge in [0, 0.05) is 6.07 Å². The molecule has 0 aliphatic carbocycles. The average Bonchev–Trinajstić information content (AvgIpc) is 2.35. The van der Waals surface area contributed by atoms with Gasteiger partial charge in [-0.3, -0.25) is 4.79 Å². The van der Waals surface area contributed by atoms with Gasteiger partial charge in [-0.05, 0) is 18.2 Å². The van der Waals surface area contributed by atoms with E-state index >= 15 is 0 Å². The number of nitrogens with one attached hydrogen (secondary N) is 1. The fraction of sp³-hybridized carbons (Fsp3) is 0. The average molecular weight is 301 g/mol. The summed E-state index contributed by atoms with van der Waals surface area (Å²) in [6.45, 7) is 0. The Morgan fingerprint density at radius 1 is 1.10 bits per heavy atom. The van der Waals surface area contributed by atoms with E-state index in [1.165, 1.54) is 12.1 Å². The van der Waals surface area contributed by atoms with Crippen LogP contribution in [0.2, 0.25) is 5.02 Å². The molecular formula is C13H8ClF3N2O. The van der Waals surface area contributed by atoms with Crippen molar-refractivity contribution in [1.29, 1.82) is 0 Å². The monoisotopic (exact) mass is 300 g/mol. The number of anilines is 2. The molecule has 0 aromatic heterocycles. The van der Waals surface area contributed by atoms with Crippen LogP contribution >= 0.6 is 11.6 Å². The molecule has 20 heavy (non-hydrogen) atoms. The van der Waals surface area contributed by atoms with Crippen LogP contribution in [0, 0.1) is 17.5 Å². The molecule has 0 radical (unpaired) electrons. The molecule has 0 saturated carbocycles. The molecule has 0 aliphatic rings. The van der Waals surface area contributed by atoms with Gasteiger partial charge in [0.15, 0.2) is 0 Å². The maximum Gasteiger partial charge on any atom is 0.260 e. The lowest BCUT2D eigenvalue weighted by atomic mass is 10.2. The normalized spacial score (nSPS) is 10.4. The molecule has 7 heteroatoms. The Morgan fingerprint density at radius 2 is 1.80 bits per heavy atom. The highest BCUT2D eigenvalue weighted by Crippen LogP contribution is 2.24. The van der Waals surface area contributed by atoms with Crippen molar-refractivity contribution in [2.75, 3.05) is 11.1 Å². The van der Waals surface area contributed by atoms with Crippen LogP contribution in [-0.4, -0.2) is 5.91 Å². The third kappa shape index (κ3) is 2.70. The lowest BCUT2D eigenvalue weighted by molar-refractivity contribution is 0.102. The summed E-state index contributed by atoms with van der Waals surface area (Å²) in [4.78, 5) is 11.9. The van der Waals surface area contributed by atoms with E-state index in [2.05, 4.69) is 5.32 Å². The molecule has 2 aromatic carbocycles. The zero-order valence-corrected chi connectivity index (χ0v) is 10.6. The minimum absolute atomic E-state index is 0.127. The van der Waals surface area contributed by atoms with Crippen LogP contribution in [0.1, 0.15) is 10.4 Å². The second-order valence-corrected chi connectivity index (χ2v) is 4.31. The zero-order chi connectivity index (χ0) is 14.9. The fourth-order valence-corrected chi connectivity index (χ4v) is 1.81. The summed E-state index contributed by atoms with van der Waals surface area (Å²) in [6.07, 6.45) is 0. The number of nitrogens with two attached hydrogens (primary N) is 1. The molecule has 3 N–H and O–H groups in total. The van der Waals surface area contributed by atoms with Crippen LogP contribution in [0.15, 0.2) is 30.3 Å². The standard InChI is InChI=1S/C13H8ClF3N2O/c14-6-2-1-3-7(15)12(6)13(20)19-11-5-10(18)8(16)4-9(11)17/h1-5H,18H2,(H,19,20). The van der Waals surface area contributed by atoms with Crippen molar-refractivity contribution in [3.05, 3.63) is 58.4 Å². The van der Waals surface area contributed by atoms with Crippen LogP contribution < -0.4 is 11.1 Å². The Hall–Kier alpha value is -2.21. The second kappa shape index (κ2) is 5.42. The van der Waals surface area contributed by atoms with Crippen molar-refractivity contribution in [1.82, 2.24) is 0 Å². The first-order chi connectivity index (χ1) is 9.40. The molecule has 1 amide bonds. The summed E-state index contributed by atoms with van der Waals surface area (Å²) in [6, 6.07) is 5.10. The summed E-state index contributed by atoms with van der Waals surface area (Å²) in [5.74, 6) is -3.80. The maximum atomic E-state index is 13.5. The first-order valence-electron chi connectivity index (χ1n) is 5.40. The largest absolute Gasteiger partial charge is 0.396 e. The van der Waals surface area contributed by atoms with E-state index in [0.29, 0.717) is 6.07 Å². The number of carbonyl (C=O) groups is 1. The van der Waals surface area contributed by atoms with Crippen molar-refractivity contribution in [3.8, 4) is 0 Å². The van der Waals surface area contributed by atoms with Crippen molar-refractivity contribution in [2.24, 2.45) is 0 Å². The summed E-state index contributed by atoms with van der Waals surface area (Å²) in [5, 5.41) is 1.96. The Balaban J connectivity index is 2.35. The van der Waals surface area contributed by atoms with Crippen molar-refractivity contribution in [3.63, 3.8) is 0 Å². The molecule has 0 aliphatic heterocycles. The zero-order valence-electron chi connectivity index (χ0n) is 9.88. The molecule has 104 valence electrons. The Morgan fingerprint density at radius 3 is 2.45 bits per heavy atom. The van der Waals surface area contributed by atoms with Crippen LogP contribution in [0.25, 0.3) is 0 Å². The molecule has 0 bridgehead atoms. The predicted octanol–water partition coefficient (Wildman–Crippen LogP) is 3.59. The molecule has 3 nitrogen and oxygen atoms in total. The van der Waals surface area contributed by atoms with Gasteiger partial charge in [-0.15, -0.1) is 0 Å². The summed E-state index contributed by atoms with van der Waals surface area (Å²) >= 11 is 5.71. The van der Waals surface area contributed by atoms with E-state index in [4.69, 9.17) is 17.3 Å². The van der Waals surface area contributed by atoms with E-state index in [1.54, 1.807) is 0 Å². The van der Waals surface area contributed by atoms with Gasteiger partial charge in [-0.25, -0.2) is 13.2 Å². The molecule has 0 atom stereocenters. The lowest BCUT2D eigenvalue weighted by Crippen LogP contribution is -2.15. The lowest BCUT2D eigenvalue weighted by Gasteiger charge is -2.09. The molecular weight excluding hydrogens is 293 g/mol. The first-order valence-corrected chi connectivity index (χ1v) is 5.78. The molecule has 2 rings (SSSR count).